The fourth-order valence-electron chi connectivity index (χ4n) is 3.53. The van der Waals surface area contributed by atoms with Crippen LogP contribution in [-0.4, -0.2) is 56.2 Å². The molecule has 0 aliphatic carbocycles. The molecule has 4 rings (SSSR count). The average molecular weight is 518 g/mol. The Morgan fingerprint density at radius 3 is 2.54 bits per heavy atom. The maximum Gasteiger partial charge on any atom is 0.328 e. The van der Waals surface area contributed by atoms with E-state index in [1.54, 1.807) is 18.5 Å². The van der Waals surface area contributed by atoms with Crippen molar-refractivity contribution in [1.29, 1.82) is 5.26 Å². The number of halogens is 2. The molecular weight excluding hydrogens is 497 g/mol. The van der Waals surface area contributed by atoms with Crippen LogP contribution in [0.25, 0.3) is 10.2 Å². The molecule has 0 atom stereocenters. The number of thiophene rings is 1. The highest BCUT2D eigenvalue weighted by atomic mass is 35.5. The minimum absolute atomic E-state index is 0.103. The van der Waals surface area contributed by atoms with Gasteiger partial charge in [0, 0.05) is 37.8 Å². The lowest BCUT2D eigenvalue weighted by Gasteiger charge is -2.32. The SMILES string of the molecule is N#Cc1cc(CN2CCC(Nc3ncnc4sc(Cl)cc34)CC2)ccc1F.O=C(O)C=CC(=O)O. The lowest BCUT2D eigenvalue weighted by molar-refractivity contribution is -0.134. The molecule has 9 nitrogen and oxygen atoms in total. The number of nitrogens with one attached hydrogen (secondary N) is 1. The molecule has 35 heavy (non-hydrogen) atoms. The van der Waals surface area contributed by atoms with Crippen molar-refractivity contribution in [3.05, 3.63) is 64.0 Å². The molecule has 12 heteroatoms. The van der Waals surface area contributed by atoms with Gasteiger partial charge in [-0.25, -0.2) is 23.9 Å². The number of rotatable bonds is 6. The van der Waals surface area contributed by atoms with E-state index in [4.69, 9.17) is 27.1 Å². The summed E-state index contributed by atoms with van der Waals surface area (Å²) in [5, 5.41) is 29.1. The maximum atomic E-state index is 13.5. The van der Waals surface area contributed by atoms with Crippen LogP contribution in [-0.2, 0) is 16.1 Å². The lowest BCUT2D eigenvalue weighted by atomic mass is 10.0. The molecule has 3 heterocycles. The summed E-state index contributed by atoms with van der Waals surface area (Å²) in [6.45, 7) is 2.57. The molecule has 0 bridgehead atoms. The lowest BCUT2D eigenvalue weighted by Crippen LogP contribution is -2.38. The number of anilines is 1. The molecule has 2 aromatic heterocycles. The molecule has 1 fully saturated rings. The number of hydrogen-bond donors (Lipinski definition) is 3. The number of hydrogen-bond acceptors (Lipinski definition) is 8. The van der Waals surface area contributed by atoms with E-state index in [0.717, 1.165) is 54.1 Å². The van der Waals surface area contributed by atoms with Gasteiger partial charge in [-0.05, 0) is 36.6 Å². The van der Waals surface area contributed by atoms with Gasteiger partial charge >= 0.3 is 11.9 Å². The Bertz CT molecular complexity index is 1270. The predicted octanol–water partition coefficient (Wildman–Crippen LogP) is 4.14. The molecule has 3 aromatic rings. The Hall–Kier alpha value is -3.59. The second-order valence-electron chi connectivity index (χ2n) is 7.62. The number of nitriles is 1. The van der Waals surface area contributed by atoms with Crippen molar-refractivity contribution in [3.63, 3.8) is 0 Å². The molecule has 0 amide bonds. The second-order valence-corrected chi connectivity index (χ2v) is 9.28. The zero-order chi connectivity index (χ0) is 25.4. The van der Waals surface area contributed by atoms with Crippen LogP contribution in [0.1, 0.15) is 24.0 Å². The number of aromatic nitrogens is 2. The second kappa shape index (κ2) is 12.2. The summed E-state index contributed by atoms with van der Waals surface area (Å²) in [5.41, 5.74) is 1.07. The van der Waals surface area contributed by atoms with Crippen molar-refractivity contribution < 1.29 is 24.2 Å². The van der Waals surface area contributed by atoms with Gasteiger partial charge in [0.25, 0.3) is 0 Å². The van der Waals surface area contributed by atoms with Crippen LogP contribution in [0.2, 0.25) is 4.34 Å². The van der Waals surface area contributed by atoms with E-state index in [2.05, 4.69) is 20.2 Å². The normalized spacial score (nSPS) is 14.3. The van der Waals surface area contributed by atoms with Crippen LogP contribution in [0, 0.1) is 17.1 Å². The Kier molecular flexibility index (Phi) is 9.08. The van der Waals surface area contributed by atoms with Gasteiger partial charge in [-0.15, -0.1) is 11.3 Å². The topological polar surface area (TPSA) is 139 Å². The van der Waals surface area contributed by atoms with E-state index < -0.39 is 17.8 Å². The molecule has 0 spiro atoms. The summed E-state index contributed by atoms with van der Waals surface area (Å²) in [5.74, 6) is -2.15. The standard InChI is InChI=1S/C19H17ClFN5S.C4H4O4/c20-17-8-15-18(23-11-24-19(15)27-17)25-14-3-5-26(6-4-14)10-12-1-2-16(21)13(7-12)9-22;5-3(6)1-2-4(7)8/h1-2,7-8,11,14H,3-6,10H2,(H,23,24,25);1-2H,(H,5,6)(H,7,8). The third kappa shape index (κ3) is 7.71. The molecule has 1 aromatic carbocycles. The van der Waals surface area contributed by atoms with Crippen LogP contribution in [0.5, 0.6) is 0 Å². The van der Waals surface area contributed by atoms with Crippen molar-refractivity contribution >= 4 is 50.9 Å². The summed E-state index contributed by atoms with van der Waals surface area (Å²) in [7, 11) is 0. The Morgan fingerprint density at radius 1 is 1.23 bits per heavy atom. The van der Waals surface area contributed by atoms with Crippen LogP contribution < -0.4 is 5.32 Å². The number of benzene rings is 1. The van der Waals surface area contributed by atoms with Crippen LogP contribution in [0.4, 0.5) is 10.2 Å². The van der Waals surface area contributed by atoms with Gasteiger partial charge in [0.15, 0.2) is 0 Å². The molecule has 1 aliphatic rings. The number of aliphatic carboxylic acids is 2. The first-order chi connectivity index (χ1) is 16.7. The molecule has 1 saturated heterocycles. The maximum absolute atomic E-state index is 13.5. The van der Waals surface area contributed by atoms with Crippen molar-refractivity contribution in [2.45, 2.75) is 25.4 Å². The molecular formula is C23H21ClFN5O4S. The Morgan fingerprint density at radius 2 is 1.91 bits per heavy atom. The number of carboxylic acid groups (broad SMARTS) is 2. The summed E-state index contributed by atoms with van der Waals surface area (Å²) < 4.78 is 14.2. The Balaban J connectivity index is 0.000000371. The molecule has 0 unspecified atom stereocenters. The first-order valence-electron chi connectivity index (χ1n) is 10.5. The van der Waals surface area contributed by atoms with Gasteiger partial charge in [0.2, 0.25) is 0 Å². The van der Waals surface area contributed by atoms with Crippen molar-refractivity contribution in [1.82, 2.24) is 14.9 Å². The number of nitrogens with zero attached hydrogens (tertiary/aromatic N) is 4. The smallest absolute Gasteiger partial charge is 0.328 e. The van der Waals surface area contributed by atoms with E-state index in [1.807, 2.05) is 12.1 Å². The summed E-state index contributed by atoms with van der Waals surface area (Å²) in [4.78, 5) is 31.0. The third-order valence-corrected chi connectivity index (χ3v) is 6.33. The van der Waals surface area contributed by atoms with E-state index in [9.17, 15) is 14.0 Å². The number of carbonyl (C=O) groups is 2. The molecule has 0 radical (unpaired) electrons. The van der Waals surface area contributed by atoms with Crippen molar-refractivity contribution in [3.8, 4) is 6.07 Å². The van der Waals surface area contributed by atoms with E-state index >= 15 is 0 Å². The van der Waals surface area contributed by atoms with Crippen LogP contribution in [0.15, 0.2) is 42.7 Å². The van der Waals surface area contributed by atoms with E-state index in [-0.39, 0.29) is 5.56 Å². The highest BCUT2D eigenvalue weighted by Crippen LogP contribution is 2.32. The van der Waals surface area contributed by atoms with Gasteiger partial charge in [-0.1, -0.05) is 17.7 Å². The van der Waals surface area contributed by atoms with Crippen LogP contribution >= 0.6 is 22.9 Å². The minimum Gasteiger partial charge on any atom is -0.478 e. The van der Waals surface area contributed by atoms with Crippen LogP contribution in [0.3, 0.4) is 0 Å². The van der Waals surface area contributed by atoms with E-state index in [0.29, 0.717) is 22.5 Å². The fraction of sp³-hybridized carbons (Fsp3) is 0.261. The van der Waals surface area contributed by atoms with Gasteiger partial charge in [-0.3, -0.25) is 4.90 Å². The summed E-state index contributed by atoms with van der Waals surface area (Å²) in [6.07, 6.45) is 4.64. The molecule has 182 valence electrons. The fourth-order valence-corrected chi connectivity index (χ4v) is 4.58. The number of likely N-dealkylation sites (tertiary alicyclic amines) is 1. The molecule has 0 saturated carbocycles. The third-order valence-electron chi connectivity index (χ3n) is 5.15. The van der Waals surface area contributed by atoms with Gasteiger partial charge in [0.05, 0.1) is 15.3 Å². The number of fused-ring (bicyclic) bond motifs is 1. The van der Waals surface area contributed by atoms with E-state index in [1.165, 1.54) is 17.4 Å². The highest BCUT2D eigenvalue weighted by molar-refractivity contribution is 7.22. The first-order valence-corrected chi connectivity index (χ1v) is 11.7. The molecule has 1 aliphatic heterocycles. The summed E-state index contributed by atoms with van der Waals surface area (Å²) in [6, 6.07) is 8.89. The minimum atomic E-state index is -1.26. The quantitative estimate of drug-likeness (QED) is 0.411. The predicted molar refractivity (Wildman–Crippen MR) is 130 cm³/mol. The molecule has 3 N–H and O–H groups in total. The number of carboxylic acids is 2. The van der Waals surface area contributed by atoms with Gasteiger partial charge < -0.3 is 15.5 Å². The van der Waals surface area contributed by atoms with Crippen molar-refractivity contribution in [2.75, 3.05) is 18.4 Å². The zero-order valence-corrected chi connectivity index (χ0v) is 19.9. The number of piperidine rings is 1. The largest absolute Gasteiger partial charge is 0.478 e. The van der Waals surface area contributed by atoms with Gasteiger partial charge in [0.1, 0.15) is 28.9 Å². The van der Waals surface area contributed by atoms with Crippen molar-refractivity contribution in [2.24, 2.45) is 0 Å². The Labute approximate surface area is 209 Å². The summed E-state index contributed by atoms with van der Waals surface area (Å²) >= 11 is 7.55. The monoisotopic (exact) mass is 517 g/mol. The highest BCUT2D eigenvalue weighted by Gasteiger charge is 2.21. The zero-order valence-electron chi connectivity index (χ0n) is 18.3. The van der Waals surface area contributed by atoms with Gasteiger partial charge in [-0.2, -0.15) is 5.26 Å². The average Bonchev–Trinajstić information content (AvgIpc) is 3.22. The first kappa shape index (κ1) is 26.0.